The van der Waals surface area contributed by atoms with E-state index in [1.165, 1.54) is 8.61 Å². The Labute approximate surface area is 233 Å². The second kappa shape index (κ2) is 12.5. The van der Waals surface area contributed by atoms with E-state index in [1.807, 2.05) is 32.9 Å². The molecular formula is C29H41N3O5S2. The minimum Gasteiger partial charge on any atom is -0.355 e. The number of rotatable bonds is 10. The molecule has 1 aliphatic heterocycles. The van der Waals surface area contributed by atoms with Gasteiger partial charge in [0, 0.05) is 25.7 Å². The summed E-state index contributed by atoms with van der Waals surface area (Å²) < 4.78 is 56.3. The lowest BCUT2D eigenvalue weighted by molar-refractivity contribution is -0.121. The Morgan fingerprint density at radius 1 is 0.897 bits per heavy atom. The van der Waals surface area contributed by atoms with Gasteiger partial charge in [0.1, 0.15) is 0 Å². The van der Waals surface area contributed by atoms with Crippen LogP contribution in [0.4, 0.5) is 0 Å². The number of nitrogens with zero attached hydrogens (tertiary/aromatic N) is 2. The van der Waals surface area contributed by atoms with Crippen molar-refractivity contribution in [1.82, 2.24) is 13.9 Å². The molecule has 1 amide bonds. The second-order valence-corrected chi connectivity index (χ2v) is 14.7. The van der Waals surface area contributed by atoms with E-state index in [0.29, 0.717) is 42.1 Å². The van der Waals surface area contributed by atoms with Crippen LogP contribution in [0.15, 0.2) is 46.2 Å². The maximum absolute atomic E-state index is 13.9. The lowest BCUT2D eigenvalue weighted by atomic mass is 9.95. The van der Waals surface area contributed by atoms with Crippen LogP contribution in [0.1, 0.15) is 67.2 Å². The highest BCUT2D eigenvalue weighted by Crippen LogP contribution is 2.31. The molecule has 2 aliphatic rings. The van der Waals surface area contributed by atoms with Crippen molar-refractivity contribution < 1.29 is 21.6 Å². The van der Waals surface area contributed by atoms with Crippen LogP contribution in [0, 0.1) is 20.8 Å². The molecule has 1 N–H and O–H groups in total. The first-order valence-corrected chi connectivity index (χ1v) is 16.8. The van der Waals surface area contributed by atoms with E-state index in [1.54, 1.807) is 24.3 Å². The van der Waals surface area contributed by atoms with E-state index < -0.39 is 20.0 Å². The third-order valence-corrected chi connectivity index (χ3v) is 11.9. The normalized spacial score (nSPS) is 17.5. The average molecular weight is 576 g/mol. The van der Waals surface area contributed by atoms with Gasteiger partial charge in [-0.1, -0.05) is 49.1 Å². The fourth-order valence-corrected chi connectivity index (χ4v) is 9.49. The number of hydrogen-bond acceptors (Lipinski definition) is 5. The van der Waals surface area contributed by atoms with Gasteiger partial charge in [0.2, 0.25) is 26.0 Å². The van der Waals surface area contributed by atoms with Crippen LogP contribution < -0.4 is 5.32 Å². The van der Waals surface area contributed by atoms with Crippen LogP contribution in [0.3, 0.4) is 0 Å². The molecular weight excluding hydrogens is 534 g/mol. The van der Waals surface area contributed by atoms with E-state index in [-0.39, 0.29) is 23.4 Å². The molecule has 39 heavy (non-hydrogen) atoms. The van der Waals surface area contributed by atoms with E-state index >= 15 is 0 Å². The van der Waals surface area contributed by atoms with Gasteiger partial charge in [-0.3, -0.25) is 4.79 Å². The number of carbonyl (C=O) groups is 1. The summed E-state index contributed by atoms with van der Waals surface area (Å²) in [5.74, 6) is -0.334. The van der Waals surface area contributed by atoms with Crippen molar-refractivity contribution in [3.8, 4) is 0 Å². The first-order chi connectivity index (χ1) is 18.5. The van der Waals surface area contributed by atoms with Crippen LogP contribution in [0.5, 0.6) is 0 Å². The summed E-state index contributed by atoms with van der Waals surface area (Å²) >= 11 is 0. The molecule has 0 aromatic heterocycles. The van der Waals surface area contributed by atoms with Crippen LogP contribution in [-0.4, -0.2) is 63.6 Å². The standard InChI is InChI=1S/C29H41N3O5S2/c1-22-19-23(2)29(24(3)20-22)39(36,37)32(26-9-5-4-6-10-26)21-28(33)30-16-15-25-11-13-27(14-12-25)38(34,35)31-17-7-8-18-31/h11-14,19-20,26H,4-10,15-18,21H2,1-3H3,(H,30,33). The number of amides is 1. The molecule has 0 unspecified atom stereocenters. The molecule has 2 aromatic carbocycles. The number of carbonyl (C=O) groups excluding carboxylic acids is 1. The molecule has 0 atom stereocenters. The fourth-order valence-electron chi connectivity index (χ4n) is 5.92. The van der Waals surface area contributed by atoms with Crippen LogP contribution in [0.25, 0.3) is 0 Å². The van der Waals surface area contributed by atoms with Gasteiger partial charge >= 0.3 is 0 Å². The second-order valence-electron chi connectivity index (χ2n) is 10.9. The summed E-state index contributed by atoms with van der Waals surface area (Å²) in [6.45, 7) is 6.81. The third-order valence-electron chi connectivity index (χ3n) is 7.81. The lowest BCUT2D eigenvalue weighted by Gasteiger charge is -2.33. The number of benzene rings is 2. The maximum Gasteiger partial charge on any atom is 0.244 e. The summed E-state index contributed by atoms with van der Waals surface area (Å²) in [5.41, 5.74) is 3.30. The van der Waals surface area contributed by atoms with E-state index in [4.69, 9.17) is 0 Å². The molecule has 1 saturated heterocycles. The Hall–Kier alpha value is -2.27. The van der Waals surface area contributed by atoms with Gasteiger partial charge in [0.25, 0.3) is 0 Å². The lowest BCUT2D eigenvalue weighted by Crippen LogP contribution is -2.47. The third kappa shape index (κ3) is 6.90. The molecule has 0 spiro atoms. The largest absolute Gasteiger partial charge is 0.355 e. The van der Waals surface area contributed by atoms with Gasteiger partial charge in [-0.25, -0.2) is 16.8 Å². The predicted octanol–water partition coefficient (Wildman–Crippen LogP) is 4.08. The molecule has 4 rings (SSSR count). The first kappa shape index (κ1) is 29.7. The molecule has 1 heterocycles. The SMILES string of the molecule is Cc1cc(C)c(S(=O)(=O)N(CC(=O)NCCc2ccc(S(=O)(=O)N3CCCC3)cc2)C2CCCCC2)c(C)c1. The quantitative estimate of drug-likeness (QED) is 0.460. The topological polar surface area (TPSA) is 104 Å². The summed E-state index contributed by atoms with van der Waals surface area (Å²) in [5, 5.41) is 2.88. The Morgan fingerprint density at radius 3 is 2.08 bits per heavy atom. The summed E-state index contributed by atoms with van der Waals surface area (Å²) in [7, 11) is -7.32. The number of nitrogens with one attached hydrogen (secondary N) is 1. The first-order valence-electron chi connectivity index (χ1n) is 14.0. The van der Waals surface area contributed by atoms with Gasteiger partial charge in [-0.2, -0.15) is 8.61 Å². The van der Waals surface area contributed by atoms with E-state index in [0.717, 1.165) is 56.1 Å². The summed E-state index contributed by atoms with van der Waals surface area (Å²) in [6.07, 6.45) is 6.79. The average Bonchev–Trinajstić information content (AvgIpc) is 3.43. The van der Waals surface area contributed by atoms with Crippen molar-refractivity contribution in [3.05, 3.63) is 58.7 Å². The highest BCUT2D eigenvalue weighted by molar-refractivity contribution is 7.89. The highest BCUT2D eigenvalue weighted by Gasteiger charge is 2.35. The van der Waals surface area contributed by atoms with Gasteiger partial charge in [0.05, 0.1) is 16.3 Å². The van der Waals surface area contributed by atoms with Crippen molar-refractivity contribution in [2.75, 3.05) is 26.2 Å². The summed E-state index contributed by atoms with van der Waals surface area (Å²) in [6, 6.07) is 10.3. The van der Waals surface area contributed by atoms with Crippen molar-refractivity contribution in [2.45, 2.75) is 88.0 Å². The zero-order chi connectivity index (χ0) is 28.2. The fraction of sp³-hybridized carbons (Fsp3) is 0.552. The van der Waals surface area contributed by atoms with E-state index in [2.05, 4.69) is 5.32 Å². The molecule has 2 fully saturated rings. The Kier molecular flexibility index (Phi) is 9.52. The molecule has 10 heteroatoms. The minimum atomic E-state index is -3.87. The van der Waals surface area contributed by atoms with Gasteiger partial charge in [-0.15, -0.1) is 0 Å². The van der Waals surface area contributed by atoms with Crippen LogP contribution in [-0.2, 0) is 31.3 Å². The molecule has 214 valence electrons. The van der Waals surface area contributed by atoms with Crippen LogP contribution in [0.2, 0.25) is 0 Å². The molecule has 1 aliphatic carbocycles. The van der Waals surface area contributed by atoms with E-state index in [9.17, 15) is 21.6 Å². The molecule has 0 bridgehead atoms. The molecule has 2 aromatic rings. The van der Waals surface area contributed by atoms with Crippen molar-refractivity contribution in [1.29, 1.82) is 0 Å². The number of aryl methyl sites for hydroxylation is 3. The molecule has 1 saturated carbocycles. The number of sulfonamides is 2. The zero-order valence-electron chi connectivity index (χ0n) is 23.3. The van der Waals surface area contributed by atoms with Crippen molar-refractivity contribution in [2.24, 2.45) is 0 Å². The highest BCUT2D eigenvalue weighted by atomic mass is 32.2. The monoisotopic (exact) mass is 575 g/mol. The zero-order valence-corrected chi connectivity index (χ0v) is 24.9. The summed E-state index contributed by atoms with van der Waals surface area (Å²) in [4.78, 5) is 13.6. The van der Waals surface area contributed by atoms with Gasteiger partial charge in [0.15, 0.2) is 0 Å². The van der Waals surface area contributed by atoms with Gasteiger partial charge < -0.3 is 5.32 Å². The van der Waals surface area contributed by atoms with Crippen molar-refractivity contribution >= 4 is 26.0 Å². The Bertz CT molecular complexity index is 1350. The predicted molar refractivity (Wildman–Crippen MR) is 153 cm³/mol. The molecule has 0 radical (unpaired) electrons. The minimum absolute atomic E-state index is 0.195. The Balaban J connectivity index is 1.41. The Morgan fingerprint density at radius 2 is 1.49 bits per heavy atom. The molecule has 8 nitrogen and oxygen atoms in total. The number of hydrogen-bond donors (Lipinski definition) is 1. The smallest absolute Gasteiger partial charge is 0.244 e. The van der Waals surface area contributed by atoms with Crippen molar-refractivity contribution in [3.63, 3.8) is 0 Å². The maximum atomic E-state index is 13.9. The van der Waals surface area contributed by atoms with Crippen LogP contribution >= 0.6 is 0 Å². The van der Waals surface area contributed by atoms with Gasteiger partial charge in [-0.05, 0) is 81.7 Å².